The van der Waals surface area contributed by atoms with Crippen molar-refractivity contribution in [3.8, 4) is 5.75 Å². The number of nitrogens with zero attached hydrogens (tertiary/aromatic N) is 2. The molecular formula is C53H80N2O3. The Kier molecular flexibility index (Phi) is 16.6. The molecule has 320 valence electrons. The van der Waals surface area contributed by atoms with Gasteiger partial charge in [-0.05, 0) is 159 Å². The molecule has 0 N–H and O–H groups in total. The summed E-state index contributed by atoms with van der Waals surface area (Å²) in [5.41, 5.74) is 4.96. The van der Waals surface area contributed by atoms with Crippen molar-refractivity contribution in [1.82, 2.24) is 0 Å². The molecule has 0 bridgehead atoms. The summed E-state index contributed by atoms with van der Waals surface area (Å²) in [5, 5.41) is 8.50. The second-order valence-electron chi connectivity index (χ2n) is 20.3. The molecule has 0 spiro atoms. The Labute approximate surface area is 354 Å². The molecule has 0 saturated heterocycles. The van der Waals surface area contributed by atoms with Crippen LogP contribution in [0.1, 0.15) is 186 Å². The Balaban J connectivity index is 0.783. The summed E-state index contributed by atoms with van der Waals surface area (Å²) in [4.78, 5) is 12.5. The number of carbonyl (C=O) groups is 1. The lowest BCUT2D eigenvalue weighted by molar-refractivity contribution is -0.0529. The number of ether oxygens (including phenoxy) is 2. The first-order valence-corrected chi connectivity index (χ1v) is 24.1. The molecule has 0 amide bonds. The summed E-state index contributed by atoms with van der Waals surface area (Å²) >= 11 is 0. The minimum Gasteiger partial charge on any atom is -0.497 e. The Bertz CT molecular complexity index is 1610. The van der Waals surface area contributed by atoms with Crippen molar-refractivity contribution in [1.29, 1.82) is 0 Å². The van der Waals surface area contributed by atoms with Crippen molar-refractivity contribution in [2.75, 3.05) is 13.7 Å². The van der Waals surface area contributed by atoms with Crippen LogP contribution in [0.2, 0.25) is 0 Å². The Morgan fingerprint density at radius 3 is 2.02 bits per heavy atom. The van der Waals surface area contributed by atoms with Crippen LogP contribution in [0.15, 0.2) is 70.4 Å². The monoisotopic (exact) mass is 793 g/mol. The van der Waals surface area contributed by atoms with Gasteiger partial charge in [-0.2, -0.15) is 10.2 Å². The van der Waals surface area contributed by atoms with Crippen molar-refractivity contribution in [2.45, 2.75) is 176 Å². The van der Waals surface area contributed by atoms with Gasteiger partial charge in [0.2, 0.25) is 0 Å². The molecule has 3 saturated carbocycles. The molecule has 0 radical (unpaired) electrons. The summed E-state index contributed by atoms with van der Waals surface area (Å²) in [6.45, 7) is 13.3. The van der Waals surface area contributed by atoms with Gasteiger partial charge in [0.1, 0.15) is 5.75 Å². The molecule has 8 atom stereocenters. The van der Waals surface area contributed by atoms with Gasteiger partial charge < -0.3 is 9.47 Å². The molecule has 0 aromatic heterocycles. The number of hydrogen-bond donors (Lipinski definition) is 0. The van der Waals surface area contributed by atoms with Gasteiger partial charge >= 0.3 is 5.97 Å². The van der Waals surface area contributed by atoms with Crippen LogP contribution in [-0.2, 0) is 4.74 Å². The van der Waals surface area contributed by atoms with Gasteiger partial charge in [-0.3, -0.25) is 0 Å². The van der Waals surface area contributed by atoms with Crippen molar-refractivity contribution < 1.29 is 14.3 Å². The van der Waals surface area contributed by atoms with Gasteiger partial charge in [0.15, 0.2) is 0 Å². The van der Waals surface area contributed by atoms with Crippen LogP contribution in [-0.4, -0.2) is 19.7 Å². The van der Waals surface area contributed by atoms with E-state index in [1.807, 2.05) is 29.8 Å². The van der Waals surface area contributed by atoms with E-state index in [1.165, 1.54) is 128 Å². The third-order valence-corrected chi connectivity index (χ3v) is 16.1. The molecule has 5 nitrogen and oxygen atoms in total. The van der Waals surface area contributed by atoms with E-state index in [0.717, 1.165) is 65.7 Å². The molecule has 2 aromatic carbocycles. The van der Waals surface area contributed by atoms with Gasteiger partial charge in [0.25, 0.3) is 0 Å². The molecule has 5 heteroatoms. The zero-order valence-electron chi connectivity index (χ0n) is 37.6. The zero-order valence-corrected chi connectivity index (χ0v) is 37.6. The molecule has 2 aromatic rings. The summed E-state index contributed by atoms with van der Waals surface area (Å²) < 4.78 is 10.7. The van der Waals surface area contributed by atoms with E-state index in [0.29, 0.717) is 28.7 Å². The van der Waals surface area contributed by atoms with Crippen LogP contribution >= 0.6 is 0 Å². The third-order valence-electron chi connectivity index (χ3n) is 16.1. The molecule has 6 rings (SSSR count). The van der Waals surface area contributed by atoms with E-state index >= 15 is 0 Å². The van der Waals surface area contributed by atoms with E-state index < -0.39 is 0 Å². The normalized spacial score (nSPS) is 28.5. The van der Waals surface area contributed by atoms with Gasteiger partial charge in [-0.25, -0.2) is 4.79 Å². The van der Waals surface area contributed by atoms with Crippen LogP contribution in [0.5, 0.6) is 5.75 Å². The van der Waals surface area contributed by atoms with Crippen LogP contribution in [0, 0.1) is 52.3 Å². The van der Waals surface area contributed by atoms with Crippen molar-refractivity contribution >= 4 is 17.3 Å². The highest BCUT2D eigenvalue weighted by Crippen LogP contribution is 2.67. The maximum absolute atomic E-state index is 12.5. The maximum Gasteiger partial charge on any atom is 0.338 e. The molecule has 4 aliphatic carbocycles. The number of fused-ring (bicyclic) bond motifs is 5. The summed E-state index contributed by atoms with van der Waals surface area (Å²) in [6, 6.07) is 14.5. The number of esters is 1. The van der Waals surface area contributed by atoms with Crippen molar-refractivity contribution in [2.24, 2.45) is 62.5 Å². The van der Waals surface area contributed by atoms with E-state index in [1.54, 1.807) is 31.4 Å². The summed E-state index contributed by atoms with van der Waals surface area (Å²) in [7, 11) is 1.64. The van der Waals surface area contributed by atoms with Gasteiger partial charge in [-0.1, -0.05) is 130 Å². The fourth-order valence-electron chi connectivity index (χ4n) is 12.6. The zero-order chi connectivity index (χ0) is 41.0. The number of allylic oxidation sites excluding steroid dienone is 2. The third kappa shape index (κ3) is 11.4. The Morgan fingerprint density at radius 1 is 0.724 bits per heavy atom. The van der Waals surface area contributed by atoms with Crippen molar-refractivity contribution in [3.05, 3.63) is 65.7 Å². The molecule has 0 aliphatic heterocycles. The number of unbranched alkanes of at least 4 members (excludes halogenated alkanes) is 9. The van der Waals surface area contributed by atoms with E-state index in [9.17, 15) is 4.79 Å². The van der Waals surface area contributed by atoms with Gasteiger partial charge in [-0.15, -0.1) is 0 Å². The second kappa shape index (κ2) is 21.5. The SMILES string of the molecule is COc1ccc(N=Nc2ccc(C(=O)OCCCCCCCCCCCC[C@H]3CC[C@@]4(C)C(=CC[C@H]5[C@@H]6CC[C@H]([C@H](C)CCCC(C)C)[C@@]6(C)CC[C@@H]54)C3)cc2)cc1. The van der Waals surface area contributed by atoms with Crippen LogP contribution in [0.25, 0.3) is 0 Å². The van der Waals surface area contributed by atoms with Gasteiger partial charge in [0, 0.05) is 0 Å². The van der Waals surface area contributed by atoms with Crippen LogP contribution in [0.3, 0.4) is 0 Å². The lowest BCUT2D eigenvalue weighted by atomic mass is 9.46. The summed E-state index contributed by atoms with van der Waals surface area (Å²) in [5.74, 6) is 7.03. The molecule has 4 aliphatic rings. The highest BCUT2D eigenvalue weighted by atomic mass is 16.5. The molecular weight excluding hydrogens is 713 g/mol. The lowest BCUT2D eigenvalue weighted by Crippen LogP contribution is -2.50. The summed E-state index contributed by atoms with van der Waals surface area (Å²) in [6.07, 6.45) is 33.2. The minimum absolute atomic E-state index is 0.272. The number of methoxy groups -OCH3 is 1. The number of azo groups is 1. The largest absolute Gasteiger partial charge is 0.497 e. The average Bonchev–Trinajstić information content (AvgIpc) is 3.59. The number of carbonyl (C=O) groups excluding carboxylic acids is 1. The minimum atomic E-state index is -0.272. The predicted molar refractivity (Wildman–Crippen MR) is 241 cm³/mol. The lowest BCUT2D eigenvalue weighted by Gasteiger charge is -2.58. The Hall–Kier alpha value is -2.95. The van der Waals surface area contributed by atoms with Gasteiger partial charge in [0.05, 0.1) is 30.7 Å². The second-order valence-corrected chi connectivity index (χ2v) is 20.3. The molecule has 58 heavy (non-hydrogen) atoms. The van der Waals surface area contributed by atoms with E-state index in [2.05, 4.69) is 50.9 Å². The fraction of sp³-hybridized carbons (Fsp3) is 0.717. The molecule has 3 fully saturated rings. The predicted octanol–water partition coefficient (Wildman–Crippen LogP) is 16.2. The highest BCUT2D eigenvalue weighted by molar-refractivity contribution is 5.89. The maximum atomic E-state index is 12.5. The average molecular weight is 793 g/mol. The highest BCUT2D eigenvalue weighted by Gasteiger charge is 2.59. The number of rotatable bonds is 22. The van der Waals surface area contributed by atoms with Crippen LogP contribution in [0.4, 0.5) is 11.4 Å². The molecule has 0 unspecified atom stereocenters. The number of hydrogen-bond acceptors (Lipinski definition) is 5. The molecule has 0 heterocycles. The Morgan fingerprint density at radius 2 is 1.36 bits per heavy atom. The smallest absolute Gasteiger partial charge is 0.338 e. The quantitative estimate of drug-likeness (QED) is 0.0516. The number of benzene rings is 2. The first-order chi connectivity index (χ1) is 28.1. The van der Waals surface area contributed by atoms with Crippen molar-refractivity contribution in [3.63, 3.8) is 0 Å². The topological polar surface area (TPSA) is 60.2 Å². The first-order valence-electron chi connectivity index (χ1n) is 24.1. The standard InChI is InChI=1S/C53H80N2O3/c1-39(2)18-17-19-40(3)48-31-32-49-47-30-23-43-38-41(33-35-52(43,4)50(47)34-36-53(48,49)5)20-15-13-11-9-7-8-10-12-14-16-37-58-51(56)42-21-24-44(25-22-42)54-55-45-26-28-46(57-6)29-27-45/h21-29,39-41,47-50H,7-20,30-38H2,1-6H3/t40-,41+,47+,48-,49+,50+,52+,53-/m1/s1. The van der Waals surface area contributed by atoms with E-state index in [4.69, 9.17) is 9.47 Å². The van der Waals surface area contributed by atoms with Crippen LogP contribution < -0.4 is 4.74 Å². The fourth-order valence-corrected chi connectivity index (χ4v) is 12.6. The van der Waals surface area contributed by atoms with E-state index in [-0.39, 0.29) is 5.97 Å². The first kappa shape index (κ1) is 44.6.